The molecule has 0 unspecified atom stereocenters. The van der Waals surface area contributed by atoms with Gasteiger partial charge in [0, 0.05) is 5.56 Å². The molecule has 1 rings (SSSR count). The first-order valence-corrected chi connectivity index (χ1v) is 4.53. The number of nitrogens with two attached hydrogens (primary N) is 1. The Bertz CT molecular complexity index is 380. The normalized spacial score (nSPS) is 14.0. The summed E-state index contributed by atoms with van der Waals surface area (Å²) in [5, 5.41) is 9.13. The molecule has 0 aliphatic heterocycles. The molecular formula is C8H6BrF4NO. The monoisotopic (exact) mass is 287 g/mol. The lowest BCUT2D eigenvalue weighted by atomic mass is 10.1. The van der Waals surface area contributed by atoms with Crippen LogP contribution in [-0.2, 0) is 0 Å². The molecule has 1 aromatic carbocycles. The van der Waals surface area contributed by atoms with Crippen LogP contribution in [0, 0.1) is 5.82 Å². The molecule has 0 aliphatic rings. The fourth-order valence-corrected chi connectivity index (χ4v) is 1.30. The first kappa shape index (κ1) is 12.3. The van der Waals surface area contributed by atoms with E-state index >= 15 is 0 Å². The van der Waals surface area contributed by atoms with Crippen LogP contribution >= 0.6 is 15.9 Å². The average molecular weight is 288 g/mol. The van der Waals surface area contributed by atoms with E-state index in [1.807, 2.05) is 0 Å². The van der Waals surface area contributed by atoms with Crippen molar-refractivity contribution in [3.05, 3.63) is 28.0 Å². The van der Waals surface area contributed by atoms with Crippen LogP contribution in [-0.4, -0.2) is 11.3 Å². The minimum absolute atomic E-state index is 0.127. The minimum atomic E-state index is -4.72. The SMILES string of the molecule is N[C@H](c1ccc(Br)c(F)c1O)C(F)(F)F. The highest BCUT2D eigenvalue weighted by Gasteiger charge is 2.39. The summed E-state index contributed by atoms with van der Waals surface area (Å²) in [6.07, 6.45) is -4.72. The topological polar surface area (TPSA) is 46.2 Å². The maximum absolute atomic E-state index is 13.0. The summed E-state index contributed by atoms with van der Waals surface area (Å²) in [5.41, 5.74) is 4.13. The van der Waals surface area contributed by atoms with Crippen LogP contribution in [0.3, 0.4) is 0 Å². The molecule has 0 amide bonds. The lowest BCUT2D eigenvalue weighted by Crippen LogP contribution is -2.28. The largest absolute Gasteiger partial charge is 0.505 e. The van der Waals surface area contributed by atoms with E-state index in [1.54, 1.807) is 0 Å². The average Bonchev–Trinajstić information content (AvgIpc) is 2.12. The van der Waals surface area contributed by atoms with Crippen LogP contribution in [0.15, 0.2) is 16.6 Å². The minimum Gasteiger partial charge on any atom is -0.505 e. The van der Waals surface area contributed by atoms with Gasteiger partial charge in [-0.3, -0.25) is 0 Å². The summed E-state index contributed by atoms with van der Waals surface area (Å²) in [4.78, 5) is 0. The lowest BCUT2D eigenvalue weighted by Gasteiger charge is -2.17. The van der Waals surface area contributed by atoms with Gasteiger partial charge in [-0.2, -0.15) is 13.2 Å². The summed E-state index contributed by atoms with van der Waals surface area (Å²) < 4.78 is 49.4. The molecule has 0 heterocycles. The number of phenols is 1. The summed E-state index contributed by atoms with van der Waals surface area (Å²) in [6.45, 7) is 0. The summed E-state index contributed by atoms with van der Waals surface area (Å²) in [7, 11) is 0. The molecule has 1 atom stereocenters. The number of phenolic OH excluding ortho intramolecular Hbond substituents is 1. The van der Waals surface area contributed by atoms with Gasteiger partial charge in [-0.1, -0.05) is 6.07 Å². The fourth-order valence-electron chi connectivity index (χ4n) is 0.982. The van der Waals surface area contributed by atoms with Crippen LogP contribution in [0.25, 0.3) is 0 Å². The van der Waals surface area contributed by atoms with Crippen molar-refractivity contribution >= 4 is 15.9 Å². The van der Waals surface area contributed by atoms with Crippen LogP contribution in [0.5, 0.6) is 5.75 Å². The maximum Gasteiger partial charge on any atom is 0.407 e. The molecule has 0 fully saturated rings. The third-order valence-corrected chi connectivity index (χ3v) is 2.40. The number of halogens is 5. The molecule has 0 saturated heterocycles. The first-order valence-electron chi connectivity index (χ1n) is 3.74. The Morgan fingerprint density at radius 3 is 2.33 bits per heavy atom. The van der Waals surface area contributed by atoms with E-state index in [-0.39, 0.29) is 4.47 Å². The molecule has 0 aliphatic carbocycles. The Morgan fingerprint density at radius 1 is 1.33 bits per heavy atom. The van der Waals surface area contributed by atoms with Crippen molar-refractivity contribution in [3.63, 3.8) is 0 Å². The van der Waals surface area contributed by atoms with E-state index in [9.17, 15) is 17.6 Å². The maximum atomic E-state index is 13.0. The van der Waals surface area contributed by atoms with E-state index in [1.165, 1.54) is 0 Å². The van der Waals surface area contributed by atoms with E-state index in [0.717, 1.165) is 12.1 Å². The molecule has 15 heavy (non-hydrogen) atoms. The van der Waals surface area contributed by atoms with Crippen molar-refractivity contribution in [1.82, 2.24) is 0 Å². The third-order valence-electron chi connectivity index (χ3n) is 1.79. The van der Waals surface area contributed by atoms with Gasteiger partial charge in [0.2, 0.25) is 0 Å². The number of rotatable bonds is 1. The van der Waals surface area contributed by atoms with Gasteiger partial charge >= 0.3 is 6.18 Å². The Morgan fingerprint density at radius 2 is 1.87 bits per heavy atom. The van der Waals surface area contributed by atoms with E-state index in [2.05, 4.69) is 15.9 Å². The molecule has 7 heteroatoms. The van der Waals surface area contributed by atoms with Gasteiger partial charge in [0.05, 0.1) is 4.47 Å². The van der Waals surface area contributed by atoms with E-state index in [0.29, 0.717) is 0 Å². The van der Waals surface area contributed by atoms with Gasteiger partial charge in [-0.25, -0.2) is 4.39 Å². The second kappa shape index (κ2) is 3.97. The van der Waals surface area contributed by atoms with Gasteiger partial charge in [-0.05, 0) is 22.0 Å². The smallest absolute Gasteiger partial charge is 0.407 e. The molecule has 84 valence electrons. The van der Waals surface area contributed by atoms with E-state index in [4.69, 9.17) is 10.8 Å². The lowest BCUT2D eigenvalue weighted by molar-refractivity contribution is -0.149. The highest BCUT2D eigenvalue weighted by molar-refractivity contribution is 9.10. The molecule has 1 aromatic rings. The number of aromatic hydroxyl groups is 1. The number of benzene rings is 1. The molecule has 0 aromatic heterocycles. The number of hydrogen-bond acceptors (Lipinski definition) is 2. The predicted molar refractivity (Wildman–Crippen MR) is 48.7 cm³/mol. The molecule has 0 bridgehead atoms. The van der Waals surface area contributed by atoms with Crippen molar-refractivity contribution in [1.29, 1.82) is 0 Å². The Kier molecular flexibility index (Phi) is 3.25. The van der Waals surface area contributed by atoms with Crippen LogP contribution in [0.2, 0.25) is 0 Å². The Labute approximate surface area is 90.8 Å². The van der Waals surface area contributed by atoms with Gasteiger partial charge in [-0.15, -0.1) is 0 Å². The highest BCUT2D eigenvalue weighted by Crippen LogP contribution is 2.37. The number of hydrogen-bond donors (Lipinski definition) is 2. The molecule has 3 N–H and O–H groups in total. The second-order valence-electron chi connectivity index (χ2n) is 2.82. The molecule has 0 radical (unpaired) electrons. The van der Waals surface area contributed by atoms with Gasteiger partial charge in [0.25, 0.3) is 0 Å². The quantitative estimate of drug-likeness (QED) is 0.780. The third kappa shape index (κ3) is 2.40. The Hall–Kier alpha value is -0.820. The molecule has 2 nitrogen and oxygen atoms in total. The van der Waals surface area contributed by atoms with Crippen molar-refractivity contribution < 1.29 is 22.7 Å². The van der Waals surface area contributed by atoms with Crippen molar-refractivity contribution in [2.45, 2.75) is 12.2 Å². The molecule has 0 spiro atoms. The predicted octanol–water partition coefficient (Wildman–Crippen LogP) is 2.86. The van der Waals surface area contributed by atoms with Gasteiger partial charge in [0.15, 0.2) is 11.6 Å². The van der Waals surface area contributed by atoms with Crippen molar-refractivity contribution in [2.24, 2.45) is 5.73 Å². The molecule has 0 saturated carbocycles. The van der Waals surface area contributed by atoms with Gasteiger partial charge < -0.3 is 10.8 Å². The van der Waals surface area contributed by atoms with Crippen LogP contribution in [0.1, 0.15) is 11.6 Å². The standard InChI is InChI=1S/C8H6BrF4NO/c9-4-2-1-3(6(15)5(4)10)7(14)8(11,12)13/h1-2,7,15H,14H2/t7-/m1/s1. The van der Waals surface area contributed by atoms with Crippen LogP contribution in [0.4, 0.5) is 17.6 Å². The zero-order valence-corrected chi connectivity index (χ0v) is 8.73. The number of alkyl halides is 3. The Balaban J connectivity index is 3.23. The first-order chi connectivity index (χ1) is 6.75. The van der Waals surface area contributed by atoms with Crippen molar-refractivity contribution in [3.8, 4) is 5.75 Å². The fraction of sp³-hybridized carbons (Fsp3) is 0.250. The highest BCUT2D eigenvalue weighted by atomic mass is 79.9. The second-order valence-corrected chi connectivity index (χ2v) is 3.67. The molecular weight excluding hydrogens is 282 g/mol. The van der Waals surface area contributed by atoms with Crippen molar-refractivity contribution in [2.75, 3.05) is 0 Å². The van der Waals surface area contributed by atoms with Gasteiger partial charge in [0.1, 0.15) is 6.04 Å². The summed E-state index contributed by atoms with van der Waals surface area (Å²) >= 11 is 2.72. The zero-order valence-electron chi connectivity index (χ0n) is 7.15. The zero-order chi connectivity index (χ0) is 11.8. The van der Waals surface area contributed by atoms with Crippen LogP contribution < -0.4 is 5.73 Å². The summed E-state index contributed by atoms with van der Waals surface area (Å²) in [5.74, 6) is -2.25. The summed E-state index contributed by atoms with van der Waals surface area (Å²) in [6, 6.07) is -0.434. The van der Waals surface area contributed by atoms with E-state index < -0.39 is 29.3 Å².